The van der Waals surface area contributed by atoms with Gasteiger partial charge in [-0.3, -0.25) is 4.79 Å². The van der Waals surface area contributed by atoms with Crippen LogP contribution >= 0.6 is 0 Å². The second-order valence-corrected chi connectivity index (χ2v) is 4.76. The summed E-state index contributed by atoms with van der Waals surface area (Å²) in [4.78, 5) is 11.2. The Morgan fingerprint density at radius 2 is 1.60 bits per heavy atom. The van der Waals surface area contributed by atoms with Crippen molar-refractivity contribution in [2.45, 2.75) is 78.6 Å². The molecular formula is C14H28O. The van der Waals surface area contributed by atoms with E-state index < -0.39 is 0 Å². The van der Waals surface area contributed by atoms with E-state index in [0.29, 0.717) is 18.1 Å². The molecule has 15 heavy (non-hydrogen) atoms. The Balaban J connectivity index is 3.23. The van der Waals surface area contributed by atoms with E-state index in [1.165, 1.54) is 44.9 Å². The highest BCUT2D eigenvalue weighted by atomic mass is 16.1. The molecule has 0 rings (SSSR count). The van der Waals surface area contributed by atoms with E-state index in [0.717, 1.165) is 6.42 Å². The second kappa shape index (κ2) is 10.2. The molecule has 0 saturated carbocycles. The van der Waals surface area contributed by atoms with Crippen LogP contribution in [0.5, 0.6) is 0 Å². The monoisotopic (exact) mass is 212 g/mol. The maximum Gasteiger partial charge on any atom is 0.132 e. The van der Waals surface area contributed by atoms with Crippen LogP contribution in [0, 0.1) is 5.92 Å². The van der Waals surface area contributed by atoms with E-state index >= 15 is 0 Å². The fourth-order valence-corrected chi connectivity index (χ4v) is 1.91. The lowest BCUT2D eigenvalue weighted by Gasteiger charge is -2.09. The topological polar surface area (TPSA) is 17.1 Å². The molecule has 0 saturated heterocycles. The quantitative estimate of drug-likeness (QED) is 0.478. The molecule has 0 N–H and O–H groups in total. The third-order valence-electron chi connectivity index (χ3n) is 3.02. The average molecular weight is 212 g/mol. The fourth-order valence-electron chi connectivity index (χ4n) is 1.91. The molecule has 0 heterocycles. The zero-order chi connectivity index (χ0) is 11.5. The van der Waals surface area contributed by atoms with Crippen molar-refractivity contribution in [3.8, 4) is 0 Å². The van der Waals surface area contributed by atoms with Gasteiger partial charge in [-0.1, -0.05) is 65.7 Å². The van der Waals surface area contributed by atoms with Gasteiger partial charge in [0.2, 0.25) is 0 Å². The summed E-state index contributed by atoms with van der Waals surface area (Å²) in [6.07, 6.45) is 10.9. The van der Waals surface area contributed by atoms with E-state index in [2.05, 4.69) is 13.8 Å². The Labute approximate surface area is 95.6 Å². The van der Waals surface area contributed by atoms with Crippen molar-refractivity contribution in [2.75, 3.05) is 0 Å². The number of Topliss-reactive ketones (excluding diaryl/α,β-unsaturated/α-hetero) is 1. The maximum atomic E-state index is 11.2. The smallest absolute Gasteiger partial charge is 0.132 e. The third kappa shape index (κ3) is 9.96. The number of unbranched alkanes of at least 4 members (excludes halogenated alkanes) is 5. The van der Waals surface area contributed by atoms with Crippen molar-refractivity contribution in [3.05, 3.63) is 0 Å². The van der Waals surface area contributed by atoms with E-state index in [-0.39, 0.29) is 0 Å². The first-order valence-electron chi connectivity index (χ1n) is 6.72. The van der Waals surface area contributed by atoms with E-state index in [1.807, 2.05) is 6.92 Å². The molecule has 0 amide bonds. The highest BCUT2D eigenvalue weighted by Crippen LogP contribution is 2.15. The first-order valence-corrected chi connectivity index (χ1v) is 6.72. The predicted molar refractivity (Wildman–Crippen MR) is 67.1 cm³/mol. The van der Waals surface area contributed by atoms with Crippen molar-refractivity contribution in [2.24, 2.45) is 5.92 Å². The van der Waals surface area contributed by atoms with Crippen LogP contribution in [0.25, 0.3) is 0 Å². The van der Waals surface area contributed by atoms with Gasteiger partial charge in [0.25, 0.3) is 0 Å². The first-order chi connectivity index (χ1) is 7.20. The summed E-state index contributed by atoms with van der Waals surface area (Å²) >= 11 is 0. The highest BCUT2D eigenvalue weighted by Gasteiger charge is 2.06. The number of ketones is 1. The van der Waals surface area contributed by atoms with Crippen LogP contribution in [-0.4, -0.2) is 5.78 Å². The van der Waals surface area contributed by atoms with Crippen molar-refractivity contribution in [3.63, 3.8) is 0 Å². The minimum Gasteiger partial charge on any atom is -0.300 e. The molecule has 0 aliphatic rings. The van der Waals surface area contributed by atoms with E-state index in [1.54, 1.807) is 0 Å². The van der Waals surface area contributed by atoms with Gasteiger partial charge in [0.1, 0.15) is 5.78 Å². The molecule has 0 aromatic heterocycles. The van der Waals surface area contributed by atoms with Crippen LogP contribution in [0.15, 0.2) is 0 Å². The predicted octanol–water partition coefficient (Wildman–Crippen LogP) is 4.74. The highest BCUT2D eigenvalue weighted by molar-refractivity contribution is 5.78. The molecule has 0 radical (unpaired) electrons. The van der Waals surface area contributed by atoms with Crippen LogP contribution < -0.4 is 0 Å². The molecule has 0 aromatic carbocycles. The lowest BCUT2D eigenvalue weighted by molar-refractivity contribution is -0.119. The number of hydrogen-bond donors (Lipinski definition) is 0. The lowest BCUT2D eigenvalue weighted by Crippen LogP contribution is -2.04. The molecule has 0 aliphatic heterocycles. The summed E-state index contributed by atoms with van der Waals surface area (Å²) in [6.45, 7) is 6.41. The molecule has 0 aromatic rings. The number of carbonyl (C=O) groups is 1. The summed E-state index contributed by atoms with van der Waals surface area (Å²) in [5.41, 5.74) is 0. The minimum absolute atomic E-state index is 0.425. The number of carbonyl (C=O) groups excluding carboxylic acids is 1. The second-order valence-electron chi connectivity index (χ2n) is 4.76. The molecule has 0 fully saturated rings. The van der Waals surface area contributed by atoms with Crippen LogP contribution in [0.2, 0.25) is 0 Å². The Bertz CT molecular complexity index is 151. The summed E-state index contributed by atoms with van der Waals surface area (Å²) in [5, 5.41) is 0. The summed E-state index contributed by atoms with van der Waals surface area (Å²) in [7, 11) is 0. The first kappa shape index (κ1) is 14.7. The standard InChI is InChI=1S/C14H28O/c1-4-6-7-8-9-10-11-13(3)12-14(15)5-2/h13H,4-12H2,1-3H3. The van der Waals surface area contributed by atoms with Crippen molar-refractivity contribution in [1.82, 2.24) is 0 Å². The summed E-state index contributed by atoms with van der Waals surface area (Å²) in [5.74, 6) is 1.03. The van der Waals surface area contributed by atoms with Gasteiger partial charge in [0.15, 0.2) is 0 Å². The third-order valence-corrected chi connectivity index (χ3v) is 3.02. The van der Waals surface area contributed by atoms with Crippen LogP contribution in [0.4, 0.5) is 0 Å². The Morgan fingerprint density at radius 3 is 2.20 bits per heavy atom. The van der Waals surface area contributed by atoms with Gasteiger partial charge in [-0.2, -0.15) is 0 Å². The summed E-state index contributed by atoms with van der Waals surface area (Å²) < 4.78 is 0. The maximum absolute atomic E-state index is 11.2. The van der Waals surface area contributed by atoms with Crippen LogP contribution in [0.1, 0.15) is 78.6 Å². The van der Waals surface area contributed by atoms with Crippen molar-refractivity contribution >= 4 is 5.78 Å². The Morgan fingerprint density at radius 1 is 1.00 bits per heavy atom. The summed E-state index contributed by atoms with van der Waals surface area (Å²) in [6, 6.07) is 0. The Kier molecular flexibility index (Phi) is 9.97. The van der Waals surface area contributed by atoms with Crippen molar-refractivity contribution < 1.29 is 4.79 Å². The molecule has 1 atom stereocenters. The Hall–Kier alpha value is -0.330. The largest absolute Gasteiger partial charge is 0.300 e. The van der Waals surface area contributed by atoms with Crippen molar-refractivity contribution in [1.29, 1.82) is 0 Å². The van der Waals surface area contributed by atoms with Gasteiger partial charge in [0.05, 0.1) is 0 Å². The zero-order valence-electron chi connectivity index (χ0n) is 10.8. The van der Waals surface area contributed by atoms with Gasteiger partial charge in [0, 0.05) is 12.8 Å². The van der Waals surface area contributed by atoms with Crippen LogP contribution in [-0.2, 0) is 4.79 Å². The molecule has 1 heteroatoms. The molecule has 0 spiro atoms. The molecule has 1 unspecified atom stereocenters. The normalized spacial score (nSPS) is 12.7. The van der Waals surface area contributed by atoms with E-state index in [4.69, 9.17) is 0 Å². The minimum atomic E-state index is 0.425. The number of rotatable bonds is 10. The fraction of sp³-hybridized carbons (Fsp3) is 0.929. The SMILES string of the molecule is CCCCCCCCC(C)CC(=O)CC. The van der Waals surface area contributed by atoms with Gasteiger partial charge in [-0.05, 0) is 5.92 Å². The van der Waals surface area contributed by atoms with E-state index in [9.17, 15) is 4.79 Å². The molecule has 0 bridgehead atoms. The molecule has 1 nitrogen and oxygen atoms in total. The average Bonchev–Trinajstić information content (AvgIpc) is 2.23. The van der Waals surface area contributed by atoms with Gasteiger partial charge in [-0.25, -0.2) is 0 Å². The lowest BCUT2D eigenvalue weighted by atomic mass is 9.96. The van der Waals surface area contributed by atoms with Crippen LogP contribution in [0.3, 0.4) is 0 Å². The zero-order valence-corrected chi connectivity index (χ0v) is 10.8. The van der Waals surface area contributed by atoms with Gasteiger partial charge >= 0.3 is 0 Å². The number of hydrogen-bond acceptors (Lipinski definition) is 1. The van der Waals surface area contributed by atoms with Gasteiger partial charge < -0.3 is 0 Å². The van der Waals surface area contributed by atoms with Gasteiger partial charge in [-0.15, -0.1) is 0 Å². The molecule has 0 aliphatic carbocycles. The molecular weight excluding hydrogens is 184 g/mol. The molecule has 90 valence electrons.